The van der Waals surface area contributed by atoms with Crippen molar-refractivity contribution in [3.8, 4) is 0 Å². The Morgan fingerprint density at radius 1 is 1.00 bits per heavy atom. The van der Waals surface area contributed by atoms with Gasteiger partial charge in [-0.3, -0.25) is 0 Å². The number of carboxylic acid groups (broad SMARTS) is 2. The number of aryl methyl sites for hydroxylation is 1. The van der Waals surface area contributed by atoms with E-state index in [1.165, 1.54) is 6.07 Å². The van der Waals surface area contributed by atoms with Crippen LogP contribution in [0.5, 0.6) is 0 Å². The van der Waals surface area contributed by atoms with E-state index in [4.69, 9.17) is 10.2 Å². The molecule has 0 aliphatic heterocycles. The number of fused-ring (bicyclic) bond motifs is 1. The van der Waals surface area contributed by atoms with Gasteiger partial charge in [0.2, 0.25) is 0 Å². The van der Waals surface area contributed by atoms with Gasteiger partial charge in [0, 0.05) is 0 Å². The molecule has 0 heterocycles. The second kappa shape index (κ2) is 3.90. The maximum atomic E-state index is 11.2. The van der Waals surface area contributed by atoms with Gasteiger partial charge in [-0.1, -0.05) is 24.3 Å². The van der Waals surface area contributed by atoms with Crippen molar-refractivity contribution in [2.24, 2.45) is 0 Å². The number of carbonyl (C=O) groups is 2. The fourth-order valence-corrected chi connectivity index (χ4v) is 1.98. The molecule has 0 aliphatic rings. The van der Waals surface area contributed by atoms with Crippen LogP contribution in [0.3, 0.4) is 0 Å². The molecule has 17 heavy (non-hydrogen) atoms. The Labute approximate surface area is 97.1 Å². The number of hydrogen-bond acceptors (Lipinski definition) is 2. The van der Waals surface area contributed by atoms with E-state index in [1.807, 2.05) is 0 Å². The van der Waals surface area contributed by atoms with Gasteiger partial charge >= 0.3 is 11.9 Å². The molecule has 2 rings (SSSR count). The van der Waals surface area contributed by atoms with E-state index in [9.17, 15) is 9.59 Å². The average molecular weight is 230 g/mol. The lowest BCUT2D eigenvalue weighted by molar-refractivity contribution is 0.0683. The van der Waals surface area contributed by atoms with Gasteiger partial charge in [0.05, 0.1) is 11.1 Å². The van der Waals surface area contributed by atoms with Gasteiger partial charge in [-0.2, -0.15) is 0 Å². The molecule has 0 saturated heterocycles. The van der Waals surface area contributed by atoms with Gasteiger partial charge in [-0.15, -0.1) is 0 Å². The first-order valence-corrected chi connectivity index (χ1v) is 5.01. The first kappa shape index (κ1) is 11.1. The van der Waals surface area contributed by atoms with Crippen LogP contribution in [0, 0.1) is 6.92 Å². The van der Waals surface area contributed by atoms with Gasteiger partial charge in [0.15, 0.2) is 0 Å². The molecule has 0 amide bonds. The van der Waals surface area contributed by atoms with Crippen LogP contribution in [-0.4, -0.2) is 22.2 Å². The van der Waals surface area contributed by atoms with Crippen LogP contribution in [0.2, 0.25) is 0 Å². The summed E-state index contributed by atoms with van der Waals surface area (Å²) in [5.41, 5.74) is 0.738. The third kappa shape index (κ3) is 1.73. The van der Waals surface area contributed by atoms with E-state index in [-0.39, 0.29) is 11.1 Å². The topological polar surface area (TPSA) is 74.6 Å². The van der Waals surface area contributed by atoms with Crippen LogP contribution in [0.1, 0.15) is 26.3 Å². The summed E-state index contributed by atoms with van der Waals surface area (Å²) in [6.45, 7) is 1.60. The Hall–Kier alpha value is -2.36. The van der Waals surface area contributed by atoms with E-state index in [2.05, 4.69) is 0 Å². The van der Waals surface area contributed by atoms with Crippen molar-refractivity contribution in [3.05, 3.63) is 47.0 Å². The number of carboxylic acids is 2. The van der Waals surface area contributed by atoms with Gasteiger partial charge in [-0.05, 0) is 29.3 Å². The van der Waals surface area contributed by atoms with Crippen LogP contribution in [0.4, 0.5) is 0 Å². The molecule has 0 fully saturated rings. The quantitative estimate of drug-likeness (QED) is 0.831. The highest BCUT2D eigenvalue weighted by Crippen LogP contribution is 2.26. The maximum absolute atomic E-state index is 11.2. The lowest BCUT2D eigenvalue weighted by Gasteiger charge is -2.09. The van der Waals surface area contributed by atoms with Crippen LogP contribution in [0.15, 0.2) is 30.3 Å². The Kier molecular flexibility index (Phi) is 2.55. The minimum Gasteiger partial charge on any atom is -0.478 e. The molecular weight excluding hydrogens is 220 g/mol. The van der Waals surface area contributed by atoms with Gasteiger partial charge in [-0.25, -0.2) is 9.59 Å². The SMILES string of the molecule is Cc1cc(C(=O)O)c2ccccc2c1C(=O)O. The van der Waals surface area contributed by atoms with Crippen LogP contribution in [0.25, 0.3) is 10.8 Å². The van der Waals surface area contributed by atoms with E-state index in [0.717, 1.165) is 0 Å². The van der Waals surface area contributed by atoms with Crippen LogP contribution >= 0.6 is 0 Å². The average Bonchev–Trinajstić information content (AvgIpc) is 2.27. The standard InChI is InChI=1S/C13H10O4/c1-7-6-10(12(14)15)8-4-2-3-5-9(8)11(7)13(16)17/h2-6H,1H3,(H,14,15)(H,16,17). The molecule has 2 aromatic carbocycles. The Morgan fingerprint density at radius 2 is 1.59 bits per heavy atom. The number of rotatable bonds is 2. The molecule has 0 aliphatic carbocycles. The summed E-state index contributed by atoms with van der Waals surface area (Å²) in [5, 5.41) is 19.1. The fourth-order valence-electron chi connectivity index (χ4n) is 1.98. The fraction of sp³-hybridized carbons (Fsp3) is 0.0769. The van der Waals surface area contributed by atoms with Gasteiger partial charge in [0.25, 0.3) is 0 Å². The predicted molar refractivity (Wildman–Crippen MR) is 62.6 cm³/mol. The lowest BCUT2D eigenvalue weighted by Crippen LogP contribution is -2.05. The molecule has 86 valence electrons. The first-order chi connectivity index (χ1) is 8.02. The lowest BCUT2D eigenvalue weighted by atomic mass is 9.95. The van der Waals surface area contributed by atoms with E-state index in [1.54, 1.807) is 31.2 Å². The summed E-state index contributed by atoms with van der Waals surface area (Å²) in [7, 11) is 0. The third-order valence-corrected chi connectivity index (χ3v) is 2.69. The normalized spacial score (nSPS) is 10.4. The molecule has 4 heteroatoms. The highest BCUT2D eigenvalue weighted by Gasteiger charge is 2.17. The molecule has 0 unspecified atom stereocenters. The zero-order valence-corrected chi connectivity index (χ0v) is 9.10. The van der Waals surface area contributed by atoms with Crippen molar-refractivity contribution in [2.75, 3.05) is 0 Å². The molecule has 2 aromatic rings. The molecule has 0 spiro atoms. The zero-order chi connectivity index (χ0) is 12.6. The van der Waals surface area contributed by atoms with Gasteiger partial charge < -0.3 is 10.2 Å². The molecule has 0 saturated carbocycles. The minimum atomic E-state index is -1.05. The third-order valence-electron chi connectivity index (χ3n) is 2.69. The number of benzene rings is 2. The molecular formula is C13H10O4. The number of aromatic carboxylic acids is 2. The smallest absolute Gasteiger partial charge is 0.336 e. The summed E-state index contributed by atoms with van der Waals surface area (Å²) < 4.78 is 0. The Bertz CT molecular complexity index is 629. The van der Waals surface area contributed by atoms with Crippen molar-refractivity contribution in [2.45, 2.75) is 6.92 Å². The Balaban J connectivity index is 2.97. The second-order valence-corrected chi connectivity index (χ2v) is 3.77. The molecule has 4 nitrogen and oxygen atoms in total. The van der Waals surface area contributed by atoms with Crippen molar-refractivity contribution in [1.82, 2.24) is 0 Å². The summed E-state index contributed by atoms with van der Waals surface area (Å²) in [5.74, 6) is -2.10. The highest BCUT2D eigenvalue weighted by atomic mass is 16.4. The maximum Gasteiger partial charge on any atom is 0.336 e. The zero-order valence-electron chi connectivity index (χ0n) is 9.10. The van der Waals surface area contributed by atoms with Crippen molar-refractivity contribution >= 4 is 22.7 Å². The van der Waals surface area contributed by atoms with Gasteiger partial charge in [0.1, 0.15) is 0 Å². The summed E-state index contributed by atoms with van der Waals surface area (Å²) in [6.07, 6.45) is 0. The van der Waals surface area contributed by atoms with E-state index < -0.39 is 11.9 Å². The van der Waals surface area contributed by atoms with Crippen molar-refractivity contribution in [1.29, 1.82) is 0 Å². The monoisotopic (exact) mass is 230 g/mol. The molecule has 0 aromatic heterocycles. The first-order valence-electron chi connectivity index (χ1n) is 5.01. The largest absolute Gasteiger partial charge is 0.478 e. The summed E-state index contributed by atoms with van der Waals surface area (Å²) >= 11 is 0. The van der Waals surface area contributed by atoms with Crippen molar-refractivity contribution in [3.63, 3.8) is 0 Å². The summed E-state index contributed by atoms with van der Waals surface area (Å²) in [4.78, 5) is 22.3. The number of hydrogen-bond donors (Lipinski definition) is 2. The second-order valence-electron chi connectivity index (χ2n) is 3.77. The highest BCUT2D eigenvalue weighted by molar-refractivity contribution is 6.12. The van der Waals surface area contributed by atoms with Crippen molar-refractivity contribution < 1.29 is 19.8 Å². The molecule has 0 bridgehead atoms. The van der Waals surface area contributed by atoms with Crippen LogP contribution in [-0.2, 0) is 0 Å². The van der Waals surface area contributed by atoms with E-state index in [0.29, 0.717) is 16.3 Å². The molecule has 0 atom stereocenters. The predicted octanol–water partition coefficient (Wildman–Crippen LogP) is 2.54. The summed E-state index contributed by atoms with van der Waals surface area (Å²) in [6, 6.07) is 8.02. The minimum absolute atomic E-state index is 0.128. The Morgan fingerprint density at radius 3 is 2.12 bits per heavy atom. The molecule has 2 N–H and O–H groups in total. The van der Waals surface area contributed by atoms with Crippen LogP contribution < -0.4 is 0 Å². The van der Waals surface area contributed by atoms with E-state index >= 15 is 0 Å². The molecule has 0 radical (unpaired) electrons.